The van der Waals surface area contributed by atoms with Crippen molar-refractivity contribution in [1.29, 1.82) is 0 Å². The lowest BCUT2D eigenvalue weighted by Crippen LogP contribution is -2.23. The van der Waals surface area contributed by atoms with Gasteiger partial charge in [0.25, 0.3) is 5.78 Å². The number of alkyl halides is 3. The minimum Gasteiger partial charge on any atom is -0.282 e. The van der Waals surface area contributed by atoms with Crippen LogP contribution in [0.4, 0.5) is 13.2 Å². The topological polar surface area (TPSA) is 47.8 Å². The Kier molecular flexibility index (Phi) is 1.83. The van der Waals surface area contributed by atoms with Gasteiger partial charge in [-0.2, -0.15) is 13.2 Å². The Bertz CT molecular complexity index is 367. The van der Waals surface area contributed by atoms with Gasteiger partial charge in [-0.15, -0.1) is 5.10 Å². The molecule has 0 aliphatic heterocycles. The van der Waals surface area contributed by atoms with Gasteiger partial charge in [-0.05, 0) is 12.8 Å². The fourth-order valence-corrected chi connectivity index (χ4v) is 1.04. The summed E-state index contributed by atoms with van der Waals surface area (Å²) in [6.07, 6.45) is -2.07. The average Bonchev–Trinajstić information content (AvgIpc) is 2.82. The first-order valence-electron chi connectivity index (χ1n) is 4.02. The molecule has 7 heteroatoms. The Morgan fingerprint density at radius 2 is 2.14 bits per heavy atom. The van der Waals surface area contributed by atoms with Crippen LogP contribution in [0, 0.1) is 0 Å². The van der Waals surface area contributed by atoms with Crippen molar-refractivity contribution in [2.45, 2.75) is 25.1 Å². The number of carbonyl (C=O) groups is 1. The van der Waals surface area contributed by atoms with E-state index >= 15 is 0 Å². The highest BCUT2D eigenvalue weighted by Gasteiger charge is 2.41. The first-order valence-corrected chi connectivity index (χ1v) is 4.02. The van der Waals surface area contributed by atoms with Crippen LogP contribution in [0.25, 0.3) is 0 Å². The van der Waals surface area contributed by atoms with Gasteiger partial charge in [0.15, 0.2) is 5.69 Å². The predicted octanol–water partition coefficient (Wildman–Crippen LogP) is 1.36. The highest BCUT2D eigenvalue weighted by atomic mass is 19.4. The van der Waals surface area contributed by atoms with E-state index in [1.165, 1.54) is 4.68 Å². The van der Waals surface area contributed by atoms with E-state index in [0.29, 0.717) is 0 Å². The van der Waals surface area contributed by atoms with Crippen LogP contribution in [0.1, 0.15) is 29.4 Å². The van der Waals surface area contributed by atoms with Crippen LogP contribution in [-0.4, -0.2) is 27.0 Å². The molecule has 14 heavy (non-hydrogen) atoms. The Morgan fingerprint density at radius 1 is 1.50 bits per heavy atom. The van der Waals surface area contributed by atoms with Gasteiger partial charge in [0.05, 0.1) is 12.2 Å². The molecule has 4 nitrogen and oxygen atoms in total. The van der Waals surface area contributed by atoms with Crippen LogP contribution in [0.2, 0.25) is 0 Å². The van der Waals surface area contributed by atoms with E-state index in [4.69, 9.17) is 0 Å². The highest BCUT2D eigenvalue weighted by Crippen LogP contribution is 2.34. The molecule has 1 saturated carbocycles. The molecule has 76 valence electrons. The molecule has 0 N–H and O–H groups in total. The molecule has 2 rings (SSSR count). The number of halogens is 3. The Balaban J connectivity index is 2.20. The number of aromatic nitrogens is 3. The summed E-state index contributed by atoms with van der Waals surface area (Å²) in [6.45, 7) is 0. The number of ketones is 1. The van der Waals surface area contributed by atoms with Gasteiger partial charge in [0.1, 0.15) is 0 Å². The zero-order valence-corrected chi connectivity index (χ0v) is 6.95. The number of nitrogens with zero attached hydrogens (tertiary/aromatic N) is 3. The predicted molar refractivity (Wildman–Crippen MR) is 38.7 cm³/mol. The minimum absolute atomic E-state index is 0.122. The molecule has 1 aliphatic rings. The smallest absolute Gasteiger partial charge is 0.282 e. The van der Waals surface area contributed by atoms with Crippen LogP contribution >= 0.6 is 0 Å². The largest absolute Gasteiger partial charge is 0.456 e. The molecule has 0 aromatic carbocycles. The molecule has 0 unspecified atom stereocenters. The number of hydrogen-bond acceptors (Lipinski definition) is 3. The van der Waals surface area contributed by atoms with Gasteiger partial charge in [-0.3, -0.25) is 4.79 Å². The van der Waals surface area contributed by atoms with E-state index in [-0.39, 0.29) is 6.04 Å². The molecule has 1 fully saturated rings. The second kappa shape index (κ2) is 2.79. The first-order chi connectivity index (χ1) is 6.48. The number of carbonyl (C=O) groups excluding carboxylic acids is 1. The van der Waals surface area contributed by atoms with Gasteiger partial charge in [-0.1, -0.05) is 5.21 Å². The van der Waals surface area contributed by atoms with Crippen molar-refractivity contribution in [3.63, 3.8) is 0 Å². The molecule has 1 aromatic heterocycles. The van der Waals surface area contributed by atoms with E-state index in [9.17, 15) is 18.0 Å². The Labute approximate surface area is 76.7 Å². The van der Waals surface area contributed by atoms with Crippen LogP contribution < -0.4 is 0 Å². The summed E-state index contributed by atoms with van der Waals surface area (Å²) in [5, 5.41) is 6.65. The third-order valence-corrected chi connectivity index (χ3v) is 1.92. The standard InChI is InChI=1S/C7H6F3N3O/c8-7(9,10)6(14)5-3-13(12-11-5)4-1-2-4/h3-4H,1-2H2. The average molecular weight is 205 g/mol. The Morgan fingerprint density at radius 3 is 2.64 bits per heavy atom. The van der Waals surface area contributed by atoms with Crippen LogP contribution in [0.5, 0.6) is 0 Å². The second-order valence-electron chi connectivity index (χ2n) is 3.14. The molecule has 1 aromatic rings. The maximum atomic E-state index is 11.9. The zero-order valence-electron chi connectivity index (χ0n) is 6.95. The van der Waals surface area contributed by atoms with Crippen molar-refractivity contribution >= 4 is 5.78 Å². The summed E-state index contributed by atoms with van der Waals surface area (Å²) < 4.78 is 37.1. The lowest BCUT2D eigenvalue weighted by atomic mass is 10.3. The van der Waals surface area contributed by atoms with Gasteiger partial charge in [0.2, 0.25) is 0 Å². The normalized spacial score (nSPS) is 17.1. The number of hydrogen-bond donors (Lipinski definition) is 0. The molecule has 0 atom stereocenters. The molecule has 1 heterocycles. The maximum absolute atomic E-state index is 11.9. The van der Waals surface area contributed by atoms with Crippen LogP contribution in [-0.2, 0) is 0 Å². The van der Waals surface area contributed by atoms with E-state index < -0.39 is 17.7 Å². The molecular formula is C7H6F3N3O. The minimum atomic E-state index is -4.87. The Hall–Kier alpha value is -1.40. The molecule has 0 amide bonds. The van der Waals surface area contributed by atoms with Crippen molar-refractivity contribution in [3.8, 4) is 0 Å². The highest BCUT2D eigenvalue weighted by molar-refractivity contribution is 5.98. The molecule has 0 bridgehead atoms. The first kappa shape index (κ1) is 9.17. The van der Waals surface area contributed by atoms with Crippen molar-refractivity contribution < 1.29 is 18.0 Å². The van der Waals surface area contributed by atoms with Crippen molar-refractivity contribution in [2.75, 3.05) is 0 Å². The summed E-state index contributed by atoms with van der Waals surface area (Å²) in [4.78, 5) is 10.7. The lowest BCUT2D eigenvalue weighted by Gasteiger charge is -1.99. The van der Waals surface area contributed by atoms with Crippen molar-refractivity contribution in [3.05, 3.63) is 11.9 Å². The van der Waals surface area contributed by atoms with E-state index in [1.54, 1.807) is 0 Å². The summed E-state index contributed by atoms with van der Waals surface area (Å²) >= 11 is 0. The van der Waals surface area contributed by atoms with Gasteiger partial charge in [0, 0.05) is 0 Å². The summed E-state index contributed by atoms with van der Waals surface area (Å²) in [7, 11) is 0. The van der Waals surface area contributed by atoms with Crippen LogP contribution in [0.15, 0.2) is 6.20 Å². The third kappa shape index (κ3) is 1.61. The van der Waals surface area contributed by atoms with Gasteiger partial charge in [-0.25, -0.2) is 4.68 Å². The molecule has 0 spiro atoms. The molecule has 1 aliphatic carbocycles. The fourth-order valence-electron chi connectivity index (χ4n) is 1.04. The molecular weight excluding hydrogens is 199 g/mol. The summed E-state index contributed by atoms with van der Waals surface area (Å²) in [5.41, 5.74) is -0.635. The number of Topliss-reactive ketones (excluding diaryl/α,β-unsaturated/α-hetero) is 1. The second-order valence-corrected chi connectivity index (χ2v) is 3.14. The maximum Gasteiger partial charge on any atom is 0.456 e. The zero-order chi connectivity index (χ0) is 10.3. The van der Waals surface area contributed by atoms with Crippen LogP contribution in [0.3, 0.4) is 0 Å². The van der Waals surface area contributed by atoms with Crippen molar-refractivity contribution in [1.82, 2.24) is 15.0 Å². The van der Waals surface area contributed by atoms with Gasteiger partial charge >= 0.3 is 6.18 Å². The number of rotatable bonds is 2. The van der Waals surface area contributed by atoms with Crippen molar-refractivity contribution in [2.24, 2.45) is 0 Å². The van der Waals surface area contributed by atoms with E-state index in [0.717, 1.165) is 19.0 Å². The monoisotopic (exact) mass is 205 g/mol. The summed E-state index contributed by atoms with van der Waals surface area (Å²) in [5.74, 6) is -1.94. The molecule has 0 saturated heterocycles. The lowest BCUT2D eigenvalue weighted by molar-refractivity contribution is -0.0888. The van der Waals surface area contributed by atoms with E-state index in [2.05, 4.69) is 10.3 Å². The third-order valence-electron chi connectivity index (χ3n) is 1.92. The van der Waals surface area contributed by atoms with E-state index in [1.807, 2.05) is 0 Å². The molecule has 0 radical (unpaired) electrons. The quantitative estimate of drug-likeness (QED) is 0.685. The SMILES string of the molecule is O=C(c1cn(C2CC2)nn1)C(F)(F)F. The summed E-state index contributed by atoms with van der Waals surface area (Å²) in [6, 6.07) is 0.122. The fraction of sp³-hybridized carbons (Fsp3) is 0.571. The van der Waals surface area contributed by atoms with Gasteiger partial charge < -0.3 is 0 Å².